The maximum atomic E-state index is 5.79. The van der Waals surface area contributed by atoms with Gasteiger partial charge in [-0.1, -0.05) is 17.7 Å². The summed E-state index contributed by atoms with van der Waals surface area (Å²) in [6, 6.07) is 5.40. The minimum absolute atomic E-state index is 0.0603. The van der Waals surface area contributed by atoms with Gasteiger partial charge in [0, 0.05) is 23.4 Å². The van der Waals surface area contributed by atoms with Gasteiger partial charge in [0.05, 0.1) is 19.3 Å². The van der Waals surface area contributed by atoms with E-state index in [0.717, 1.165) is 5.56 Å². The highest BCUT2D eigenvalue weighted by Gasteiger charge is 2.04. The molecule has 0 aliphatic heterocycles. The molecule has 1 rings (SSSR count). The van der Waals surface area contributed by atoms with Crippen LogP contribution >= 0.6 is 11.6 Å². The molecule has 0 saturated heterocycles. The Kier molecular flexibility index (Phi) is 4.88. The first-order valence-electron chi connectivity index (χ1n) is 4.78. The van der Waals surface area contributed by atoms with Crippen molar-refractivity contribution in [2.45, 2.75) is 19.6 Å². The minimum atomic E-state index is 0.0603. The fourth-order valence-corrected chi connectivity index (χ4v) is 1.39. The number of methoxy groups -OCH3 is 1. The lowest BCUT2D eigenvalue weighted by Crippen LogP contribution is -2.14. The van der Waals surface area contributed by atoms with Crippen molar-refractivity contribution in [2.24, 2.45) is 0 Å². The SMILES string of the molecule is COCC(C)OCc1ccc(Cl)cc1N. The molecule has 4 heteroatoms. The summed E-state index contributed by atoms with van der Waals surface area (Å²) in [5, 5.41) is 0.640. The van der Waals surface area contributed by atoms with Crippen molar-refractivity contribution < 1.29 is 9.47 Å². The van der Waals surface area contributed by atoms with Gasteiger partial charge < -0.3 is 15.2 Å². The second-order valence-corrected chi connectivity index (χ2v) is 3.86. The van der Waals surface area contributed by atoms with Crippen LogP contribution in [0, 0.1) is 0 Å². The van der Waals surface area contributed by atoms with Crippen molar-refractivity contribution in [1.29, 1.82) is 0 Å². The van der Waals surface area contributed by atoms with Gasteiger partial charge in [0.25, 0.3) is 0 Å². The van der Waals surface area contributed by atoms with E-state index in [0.29, 0.717) is 23.9 Å². The molecular weight excluding hydrogens is 214 g/mol. The summed E-state index contributed by atoms with van der Waals surface area (Å²) < 4.78 is 10.5. The van der Waals surface area contributed by atoms with Crippen molar-refractivity contribution in [3.8, 4) is 0 Å². The average Bonchev–Trinajstić information content (AvgIpc) is 2.17. The Balaban J connectivity index is 2.50. The van der Waals surface area contributed by atoms with Crippen LogP contribution in [-0.2, 0) is 16.1 Å². The monoisotopic (exact) mass is 229 g/mol. The maximum absolute atomic E-state index is 5.79. The van der Waals surface area contributed by atoms with Crippen LogP contribution in [0.5, 0.6) is 0 Å². The molecule has 0 aliphatic rings. The van der Waals surface area contributed by atoms with Crippen LogP contribution < -0.4 is 5.73 Å². The van der Waals surface area contributed by atoms with Crippen LogP contribution in [0.2, 0.25) is 5.02 Å². The topological polar surface area (TPSA) is 44.5 Å². The van der Waals surface area contributed by atoms with Gasteiger partial charge in [0.15, 0.2) is 0 Å². The molecule has 0 saturated carbocycles. The third-order valence-corrected chi connectivity index (χ3v) is 2.27. The van der Waals surface area contributed by atoms with Gasteiger partial charge in [0.1, 0.15) is 0 Å². The summed E-state index contributed by atoms with van der Waals surface area (Å²) in [6.45, 7) is 3.01. The first-order chi connectivity index (χ1) is 7.13. The molecule has 0 bridgehead atoms. The van der Waals surface area contributed by atoms with Gasteiger partial charge in [-0.2, -0.15) is 0 Å². The lowest BCUT2D eigenvalue weighted by molar-refractivity contribution is 0.0000909. The van der Waals surface area contributed by atoms with E-state index in [1.807, 2.05) is 13.0 Å². The Bertz CT molecular complexity index is 317. The molecule has 2 N–H and O–H groups in total. The van der Waals surface area contributed by atoms with E-state index < -0.39 is 0 Å². The third-order valence-electron chi connectivity index (χ3n) is 2.03. The quantitative estimate of drug-likeness (QED) is 0.789. The number of hydrogen-bond acceptors (Lipinski definition) is 3. The van der Waals surface area contributed by atoms with E-state index in [9.17, 15) is 0 Å². The Morgan fingerprint density at radius 2 is 2.20 bits per heavy atom. The molecular formula is C11H16ClNO2. The molecule has 1 unspecified atom stereocenters. The number of ether oxygens (including phenoxy) is 2. The lowest BCUT2D eigenvalue weighted by Gasteiger charge is -2.13. The number of rotatable bonds is 5. The van der Waals surface area contributed by atoms with Gasteiger partial charge >= 0.3 is 0 Å². The summed E-state index contributed by atoms with van der Waals surface area (Å²) in [7, 11) is 1.65. The Hall–Kier alpha value is -0.770. The lowest BCUT2D eigenvalue weighted by atomic mass is 10.2. The van der Waals surface area contributed by atoms with Crippen LogP contribution in [0.4, 0.5) is 5.69 Å². The summed E-state index contributed by atoms with van der Waals surface area (Å²) in [5.41, 5.74) is 7.39. The molecule has 0 radical (unpaired) electrons. The van der Waals surface area contributed by atoms with Crippen LogP contribution in [0.25, 0.3) is 0 Å². The highest BCUT2D eigenvalue weighted by Crippen LogP contribution is 2.19. The van der Waals surface area contributed by atoms with E-state index in [1.54, 1.807) is 19.2 Å². The van der Waals surface area contributed by atoms with E-state index in [2.05, 4.69) is 0 Å². The number of nitrogens with two attached hydrogens (primary N) is 1. The second-order valence-electron chi connectivity index (χ2n) is 3.42. The van der Waals surface area contributed by atoms with Gasteiger partial charge in [-0.3, -0.25) is 0 Å². The van der Waals surface area contributed by atoms with Crippen LogP contribution in [0.15, 0.2) is 18.2 Å². The fourth-order valence-electron chi connectivity index (χ4n) is 1.21. The Morgan fingerprint density at radius 1 is 1.47 bits per heavy atom. The predicted molar refractivity (Wildman–Crippen MR) is 62.0 cm³/mol. The zero-order valence-electron chi connectivity index (χ0n) is 9.00. The fraction of sp³-hybridized carbons (Fsp3) is 0.455. The van der Waals surface area contributed by atoms with E-state index >= 15 is 0 Å². The Labute approximate surface area is 95.1 Å². The van der Waals surface area contributed by atoms with Gasteiger partial charge in [-0.25, -0.2) is 0 Å². The molecule has 0 aromatic heterocycles. The van der Waals surface area contributed by atoms with Crippen molar-refractivity contribution >= 4 is 17.3 Å². The summed E-state index contributed by atoms with van der Waals surface area (Å²) in [6.07, 6.45) is 0.0603. The molecule has 1 aromatic carbocycles. The van der Waals surface area contributed by atoms with Crippen molar-refractivity contribution in [3.63, 3.8) is 0 Å². The second kappa shape index (κ2) is 5.95. The molecule has 0 fully saturated rings. The summed E-state index contributed by atoms with van der Waals surface area (Å²) in [5.74, 6) is 0. The first kappa shape index (κ1) is 12.3. The molecule has 0 spiro atoms. The molecule has 0 aliphatic carbocycles. The van der Waals surface area contributed by atoms with Crippen LogP contribution in [0.3, 0.4) is 0 Å². The van der Waals surface area contributed by atoms with E-state index in [4.69, 9.17) is 26.8 Å². The van der Waals surface area contributed by atoms with E-state index in [-0.39, 0.29) is 6.10 Å². The van der Waals surface area contributed by atoms with Crippen molar-refractivity contribution in [1.82, 2.24) is 0 Å². The minimum Gasteiger partial charge on any atom is -0.398 e. The molecule has 0 heterocycles. The van der Waals surface area contributed by atoms with Crippen molar-refractivity contribution in [2.75, 3.05) is 19.5 Å². The predicted octanol–water partition coefficient (Wildman–Crippen LogP) is 2.47. The molecule has 84 valence electrons. The third kappa shape index (κ3) is 4.08. The first-order valence-corrected chi connectivity index (χ1v) is 5.15. The number of nitrogen functional groups attached to an aromatic ring is 1. The number of halogens is 1. The summed E-state index contributed by atoms with van der Waals surface area (Å²) in [4.78, 5) is 0. The van der Waals surface area contributed by atoms with Gasteiger partial charge in [0.2, 0.25) is 0 Å². The maximum Gasteiger partial charge on any atom is 0.0784 e. The number of anilines is 1. The number of benzene rings is 1. The smallest absolute Gasteiger partial charge is 0.0784 e. The van der Waals surface area contributed by atoms with E-state index in [1.165, 1.54) is 0 Å². The Morgan fingerprint density at radius 3 is 2.80 bits per heavy atom. The molecule has 0 amide bonds. The summed E-state index contributed by atoms with van der Waals surface area (Å²) >= 11 is 5.79. The zero-order valence-corrected chi connectivity index (χ0v) is 9.75. The largest absolute Gasteiger partial charge is 0.398 e. The normalized spacial score (nSPS) is 12.7. The van der Waals surface area contributed by atoms with Crippen LogP contribution in [0.1, 0.15) is 12.5 Å². The highest BCUT2D eigenvalue weighted by molar-refractivity contribution is 6.30. The van der Waals surface area contributed by atoms with Crippen LogP contribution in [-0.4, -0.2) is 19.8 Å². The number of hydrogen-bond donors (Lipinski definition) is 1. The standard InChI is InChI=1S/C11H16ClNO2/c1-8(6-14-2)15-7-9-3-4-10(12)5-11(9)13/h3-5,8H,6-7,13H2,1-2H3. The molecule has 1 atom stereocenters. The zero-order chi connectivity index (χ0) is 11.3. The van der Waals surface area contributed by atoms with Gasteiger partial charge in [-0.15, -0.1) is 0 Å². The molecule has 15 heavy (non-hydrogen) atoms. The molecule has 1 aromatic rings. The average molecular weight is 230 g/mol. The van der Waals surface area contributed by atoms with Crippen molar-refractivity contribution in [3.05, 3.63) is 28.8 Å². The molecule has 3 nitrogen and oxygen atoms in total. The van der Waals surface area contributed by atoms with Gasteiger partial charge in [-0.05, 0) is 19.1 Å². The highest BCUT2D eigenvalue weighted by atomic mass is 35.5.